The molecule has 5 rings (SSSR count). The van der Waals surface area contributed by atoms with E-state index in [4.69, 9.17) is 9.47 Å². The summed E-state index contributed by atoms with van der Waals surface area (Å²) in [5, 5.41) is 3.68. The van der Waals surface area contributed by atoms with E-state index in [2.05, 4.69) is 16.4 Å². The van der Waals surface area contributed by atoms with Gasteiger partial charge in [0.05, 0.1) is 12.5 Å². The van der Waals surface area contributed by atoms with Gasteiger partial charge >= 0.3 is 12.1 Å². The standard InChI is InChI=1S/C34H39F3N2O3.2ClH/c1-2-41-33(40)31-19-18-28-29(7-5-8-30(28)39-31)38-21-20-26-6-3-4-9-32(26)42-22-23-10-12-24(13-11-23)25-14-16-27(17-15-25)34(35,36)37;;/h3-4,6,9-13,18-19,25,27,29,38H,2,5,7-8,14-17,20-22H2,1H3;2*1H/t25-,27-,29?;;. The number of fused-ring (bicyclic) bond motifs is 1. The maximum atomic E-state index is 13.0. The predicted molar refractivity (Wildman–Crippen MR) is 170 cm³/mol. The van der Waals surface area contributed by atoms with Gasteiger partial charge in [0.15, 0.2) is 0 Å². The van der Waals surface area contributed by atoms with E-state index in [0.717, 1.165) is 65.9 Å². The number of hydrogen-bond donors (Lipinski definition) is 1. The van der Waals surface area contributed by atoms with Crippen LogP contribution in [0.4, 0.5) is 13.2 Å². The average Bonchev–Trinajstić information content (AvgIpc) is 3.00. The first-order chi connectivity index (χ1) is 20.3. The second kappa shape index (κ2) is 16.5. The van der Waals surface area contributed by atoms with Crippen molar-refractivity contribution < 1.29 is 27.4 Å². The molecule has 44 heavy (non-hydrogen) atoms. The zero-order valence-corrected chi connectivity index (χ0v) is 26.5. The third-order valence-electron chi connectivity index (χ3n) is 8.57. The number of pyridine rings is 1. The molecule has 1 saturated carbocycles. The Kier molecular flexibility index (Phi) is 13.4. The van der Waals surface area contributed by atoms with Crippen LogP contribution in [0.5, 0.6) is 5.75 Å². The molecule has 0 saturated heterocycles. The maximum Gasteiger partial charge on any atom is 0.391 e. The van der Waals surface area contributed by atoms with E-state index < -0.39 is 12.1 Å². The van der Waals surface area contributed by atoms with Crippen LogP contribution in [0.15, 0.2) is 60.7 Å². The number of nitrogens with one attached hydrogen (secondary N) is 1. The zero-order valence-electron chi connectivity index (χ0n) is 24.9. The summed E-state index contributed by atoms with van der Waals surface area (Å²) in [6.45, 7) is 3.32. The Bertz CT molecular complexity index is 1350. The maximum absolute atomic E-state index is 13.0. The summed E-state index contributed by atoms with van der Waals surface area (Å²) >= 11 is 0. The first-order valence-electron chi connectivity index (χ1n) is 15.1. The molecule has 3 aromatic rings. The fraction of sp³-hybridized carbons (Fsp3) is 0.471. The molecular weight excluding hydrogens is 612 g/mol. The lowest BCUT2D eigenvalue weighted by Gasteiger charge is -2.30. The van der Waals surface area contributed by atoms with Crippen molar-refractivity contribution in [1.82, 2.24) is 10.3 Å². The molecule has 240 valence electrons. The van der Waals surface area contributed by atoms with Gasteiger partial charge < -0.3 is 14.8 Å². The first-order valence-corrected chi connectivity index (χ1v) is 15.1. The van der Waals surface area contributed by atoms with Crippen LogP contribution < -0.4 is 10.1 Å². The van der Waals surface area contributed by atoms with Crippen LogP contribution in [-0.4, -0.2) is 30.3 Å². The van der Waals surface area contributed by atoms with Gasteiger partial charge in [0.2, 0.25) is 0 Å². The molecule has 1 N–H and O–H groups in total. The molecule has 1 fully saturated rings. The Morgan fingerprint density at radius 1 is 0.955 bits per heavy atom. The predicted octanol–water partition coefficient (Wildman–Crippen LogP) is 8.73. The Morgan fingerprint density at radius 2 is 1.68 bits per heavy atom. The quantitative estimate of drug-likeness (QED) is 0.222. The number of carbonyl (C=O) groups is 1. The zero-order chi connectivity index (χ0) is 29.5. The molecule has 0 radical (unpaired) electrons. The summed E-state index contributed by atoms with van der Waals surface area (Å²) in [6.07, 6.45) is 1.21. The van der Waals surface area contributed by atoms with E-state index >= 15 is 0 Å². The van der Waals surface area contributed by atoms with E-state index in [1.807, 2.05) is 48.5 Å². The second-order valence-corrected chi connectivity index (χ2v) is 11.3. The summed E-state index contributed by atoms with van der Waals surface area (Å²) in [7, 11) is 0. The molecule has 0 aliphatic heterocycles. The monoisotopic (exact) mass is 652 g/mol. The highest BCUT2D eigenvalue weighted by Crippen LogP contribution is 2.43. The number of esters is 1. The van der Waals surface area contributed by atoms with Gasteiger partial charge in [-0.2, -0.15) is 13.2 Å². The minimum Gasteiger partial charge on any atom is -0.489 e. The SMILES string of the molecule is CCOC(=O)c1ccc2c(n1)CCCC2NCCc1ccccc1OCc1ccc([C@H]2CC[C@H](C(F)(F)F)CC2)cc1.Cl.Cl. The number of rotatable bonds is 10. The summed E-state index contributed by atoms with van der Waals surface area (Å²) in [5.41, 5.74) is 5.75. The molecule has 5 nitrogen and oxygen atoms in total. The molecule has 0 spiro atoms. The Hall–Kier alpha value is -2.81. The third-order valence-corrected chi connectivity index (χ3v) is 8.57. The van der Waals surface area contributed by atoms with Crippen molar-refractivity contribution in [2.75, 3.05) is 13.2 Å². The van der Waals surface area contributed by atoms with Gasteiger partial charge in [-0.1, -0.05) is 48.5 Å². The number of alkyl halides is 3. The van der Waals surface area contributed by atoms with Crippen LogP contribution in [-0.2, 0) is 24.2 Å². The Labute approximate surface area is 270 Å². The fourth-order valence-electron chi connectivity index (χ4n) is 6.22. The van der Waals surface area contributed by atoms with E-state index in [9.17, 15) is 18.0 Å². The molecule has 10 heteroatoms. The lowest BCUT2D eigenvalue weighted by Crippen LogP contribution is -2.28. The van der Waals surface area contributed by atoms with Crippen molar-refractivity contribution in [1.29, 1.82) is 0 Å². The van der Waals surface area contributed by atoms with E-state index in [1.54, 1.807) is 13.0 Å². The van der Waals surface area contributed by atoms with Crippen molar-refractivity contribution in [2.45, 2.75) is 83.0 Å². The van der Waals surface area contributed by atoms with Crippen LogP contribution in [0.1, 0.15) is 95.8 Å². The smallest absolute Gasteiger partial charge is 0.391 e. The molecule has 1 aromatic heterocycles. The lowest BCUT2D eigenvalue weighted by atomic mass is 9.78. The van der Waals surface area contributed by atoms with Crippen LogP contribution in [0, 0.1) is 5.92 Å². The lowest BCUT2D eigenvalue weighted by molar-refractivity contribution is -0.182. The molecule has 2 aliphatic rings. The van der Waals surface area contributed by atoms with Crippen molar-refractivity contribution in [3.05, 3.63) is 94.3 Å². The highest BCUT2D eigenvalue weighted by Gasteiger charge is 2.41. The summed E-state index contributed by atoms with van der Waals surface area (Å²) in [6, 6.07) is 20.1. The largest absolute Gasteiger partial charge is 0.489 e. The second-order valence-electron chi connectivity index (χ2n) is 11.3. The number of aromatic nitrogens is 1. The number of benzene rings is 2. The molecule has 0 bridgehead atoms. The Morgan fingerprint density at radius 3 is 2.39 bits per heavy atom. The van der Waals surface area contributed by atoms with Gasteiger partial charge in [-0.3, -0.25) is 0 Å². The van der Waals surface area contributed by atoms with E-state index in [-0.39, 0.29) is 55.6 Å². The summed E-state index contributed by atoms with van der Waals surface area (Å²) < 4.78 is 50.3. The molecule has 1 atom stereocenters. The summed E-state index contributed by atoms with van der Waals surface area (Å²) in [4.78, 5) is 16.7. The molecule has 0 amide bonds. The number of nitrogens with zero attached hydrogens (tertiary/aromatic N) is 1. The molecular formula is C34H41Cl2F3N2O3. The topological polar surface area (TPSA) is 60.5 Å². The normalized spacial score (nSPS) is 19.6. The molecule has 1 unspecified atom stereocenters. The van der Waals surface area contributed by atoms with Gasteiger partial charge in [0.1, 0.15) is 18.1 Å². The fourth-order valence-corrected chi connectivity index (χ4v) is 6.22. The van der Waals surface area contributed by atoms with Gasteiger partial charge in [-0.25, -0.2) is 9.78 Å². The van der Waals surface area contributed by atoms with Crippen LogP contribution in [0.25, 0.3) is 0 Å². The third kappa shape index (κ3) is 9.11. The molecule has 2 aromatic carbocycles. The van der Waals surface area contributed by atoms with Gasteiger partial charge in [-0.15, -0.1) is 24.8 Å². The number of aryl methyl sites for hydroxylation is 1. The number of para-hydroxylation sites is 1. The van der Waals surface area contributed by atoms with Crippen LogP contribution in [0.3, 0.4) is 0 Å². The summed E-state index contributed by atoms with van der Waals surface area (Å²) in [5.74, 6) is -0.496. The van der Waals surface area contributed by atoms with Crippen molar-refractivity contribution in [3.63, 3.8) is 0 Å². The Balaban J connectivity index is 0.00000264. The van der Waals surface area contributed by atoms with E-state index in [0.29, 0.717) is 31.7 Å². The van der Waals surface area contributed by atoms with Gasteiger partial charge in [0, 0.05) is 11.7 Å². The van der Waals surface area contributed by atoms with Gasteiger partial charge in [0.25, 0.3) is 0 Å². The number of carbonyl (C=O) groups excluding carboxylic acids is 1. The molecule has 2 aliphatic carbocycles. The van der Waals surface area contributed by atoms with Crippen molar-refractivity contribution >= 4 is 30.8 Å². The number of hydrogen-bond acceptors (Lipinski definition) is 5. The van der Waals surface area contributed by atoms with Crippen molar-refractivity contribution in [3.8, 4) is 5.75 Å². The molecule has 1 heterocycles. The number of halogens is 5. The minimum atomic E-state index is -4.08. The minimum absolute atomic E-state index is 0. The van der Waals surface area contributed by atoms with Gasteiger partial charge in [-0.05, 0) is 105 Å². The van der Waals surface area contributed by atoms with Crippen LogP contribution in [0.2, 0.25) is 0 Å². The number of ether oxygens (including phenoxy) is 2. The van der Waals surface area contributed by atoms with Crippen LogP contribution >= 0.6 is 24.8 Å². The first kappa shape index (κ1) is 35.7. The van der Waals surface area contributed by atoms with E-state index in [1.165, 1.54) is 0 Å². The highest BCUT2D eigenvalue weighted by molar-refractivity contribution is 5.87. The highest BCUT2D eigenvalue weighted by atomic mass is 35.5. The van der Waals surface area contributed by atoms with Crippen molar-refractivity contribution in [2.24, 2.45) is 5.92 Å². The average molecular weight is 654 g/mol.